The molecule has 0 aliphatic rings. The fourth-order valence-electron chi connectivity index (χ4n) is 3.01. The van der Waals surface area contributed by atoms with Gasteiger partial charge in [0.05, 0.1) is 19.1 Å². The number of carbonyl (C=O) groups excluding carboxylic acids is 2. The average Bonchev–Trinajstić information content (AvgIpc) is 2.64. The Morgan fingerprint density at radius 1 is 0.926 bits per heavy atom. The van der Waals surface area contributed by atoms with Gasteiger partial charge in [0.2, 0.25) is 11.8 Å². The summed E-state index contributed by atoms with van der Waals surface area (Å²) in [5.41, 5.74) is 3.98. The number of carbonyl (C=O) groups is 2. The Labute approximate surface area is 162 Å². The summed E-state index contributed by atoms with van der Waals surface area (Å²) in [5.74, 6) is -0.143. The van der Waals surface area contributed by atoms with Crippen molar-refractivity contribution in [3.63, 3.8) is 0 Å². The van der Waals surface area contributed by atoms with E-state index < -0.39 is 0 Å². The Balaban J connectivity index is 1.89. The van der Waals surface area contributed by atoms with Crippen molar-refractivity contribution in [2.24, 2.45) is 0 Å². The standard InChI is InChI=1S/C22H29N3O2/c1-16-10-9-11-17(2)22(16)23-20(26)14-24(4)15-21(27)25(5)18(3)19-12-7-6-8-13-19/h6-13,18H,14-15H2,1-5H3,(H,23,26). The van der Waals surface area contributed by atoms with Crippen LogP contribution in [-0.4, -0.2) is 48.8 Å². The molecule has 2 aromatic rings. The zero-order valence-corrected chi connectivity index (χ0v) is 16.8. The highest BCUT2D eigenvalue weighted by atomic mass is 16.2. The highest BCUT2D eigenvalue weighted by Gasteiger charge is 2.19. The van der Waals surface area contributed by atoms with Gasteiger partial charge in [0.25, 0.3) is 0 Å². The van der Waals surface area contributed by atoms with Gasteiger partial charge in [0.1, 0.15) is 0 Å². The highest BCUT2D eigenvalue weighted by molar-refractivity contribution is 5.94. The van der Waals surface area contributed by atoms with Crippen LogP contribution in [0.15, 0.2) is 48.5 Å². The van der Waals surface area contributed by atoms with Crippen LogP contribution >= 0.6 is 0 Å². The van der Waals surface area contributed by atoms with Gasteiger partial charge in [-0.25, -0.2) is 0 Å². The summed E-state index contributed by atoms with van der Waals surface area (Å²) in [6, 6.07) is 15.8. The zero-order chi connectivity index (χ0) is 20.0. The molecular weight excluding hydrogens is 338 g/mol. The van der Waals surface area contributed by atoms with Crippen LogP contribution in [0.2, 0.25) is 0 Å². The third kappa shape index (κ3) is 5.66. The van der Waals surface area contributed by atoms with Gasteiger partial charge in [-0.2, -0.15) is 0 Å². The van der Waals surface area contributed by atoms with Gasteiger partial charge < -0.3 is 10.2 Å². The second-order valence-electron chi connectivity index (χ2n) is 7.08. The maximum atomic E-state index is 12.6. The van der Waals surface area contributed by atoms with Crippen LogP contribution in [0.3, 0.4) is 0 Å². The lowest BCUT2D eigenvalue weighted by atomic mass is 10.1. The van der Waals surface area contributed by atoms with Crippen molar-refractivity contribution in [1.82, 2.24) is 9.80 Å². The summed E-state index contributed by atoms with van der Waals surface area (Å²) in [6.07, 6.45) is 0. The van der Waals surface area contributed by atoms with Crippen molar-refractivity contribution in [2.75, 3.05) is 32.5 Å². The summed E-state index contributed by atoms with van der Waals surface area (Å²) in [6.45, 7) is 6.29. The van der Waals surface area contributed by atoms with Crippen molar-refractivity contribution >= 4 is 17.5 Å². The number of nitrogens with one attached hydrogen (secondary N) is 1. The van der Waals surface area contributed by atoms with Crippen molar-refractivity contribution in [2.45, 2.75) is 26.8 Å². The fraction of sp³-hybridized carbons (Fsp3) is 0.364. The van der Waals surface area contributed by atoms with Gasteiger partial charge in [-0.05, 0) is 44.5 Å². The monoisotopic (exact) mass is 367 g/mol. The number of amides is 2. The molecule has 2 rings (SSSR count). The minimum atomic E-state index is -0.124. The molecule has 0 heterocycles. The van der Waals surface area contributed by atoms with E-state index in [1.165, 1.54) is 0 Å². The Bertz CT molecular complexity index is 769. The first-order valence-corrected chi connectivity index (χ1v) is 9.14. The highest BCUT2D eigenvalue weighted by Crippen LogP contribution is 2.20. The summed E-state index contributed by atoms with van der Waals surface area (Å²) in [5, 5.41) is 2.95. The van der Waals surface area contributed by atoms with E-state index in [2.05, 4.69) is 5.32 Å². The van der Waals surface area contributed by atoms with E-state index in [1.807, 2.05) is 69.3 Å². The number of nitrogens with zero attached hydrogens (tertiary/aromatic N) is 2. The van der Waals surface area contributed by atoms with Crippen molar-refractivity contribution in [1.29, 1.82) is 0 Å². The smallest absolute Gasteiger partial charge is 0.238 e. The first-order valence-electron chi connectivity index (χ1n) is 9.14. The van der Waals surface area contributed by atoms with Gasteiger partial charge in [-0.1, -0.05) is 48.5 Å². The number of likely N-dealkylation sites (N-methyl/N-ethyl adjacent to an activating group) is 2. The minimum Gasteiger partial charge on any atom is -0.338 e. The van der Waals surface area contributed by atoms with Crippen LogP contribution in [0.1, 0.15) is 29.7 Å². The Hall–Kier alpha value is -2.66. The van der Waals surface area contributed by atoms with Crippen LogP contribution in [0.5, 0.6) is 0 Å². The van der Waals surface area contributed by atoms with Gasteiger partial charge in [0, 0.05) is 12.7 Å². The maximum Gasteiger partial charge on any atom is 0.238 e. The lowest BCUT2D eigenvalue weighted by Crippen LogP contribution is -2.40. The molecule has 5 heteroatoms. The third-order valence-electron chi connectivity index (χ3n) is 4.82. The second-order valence-corrected chi connectivity index (χ2v) is 7.08. The van der Waals surface area contributed by atoms with Crippen molar-refractivity contribution in [3.8, 4) is 0 Å². The summed E-state index contributed by atoms with van der Waals surface area (Å²) in [7, 11) is 3.58. The maximum absolute atomic E-state index is 12.6. The fourth-order valence-corrected chi connectivity index (χ4v) is 3.01. The first-order chi connectivity index (χ1) is 12.8. The summed E-state index contributed by atoms with van der Waals surface area (Å²) in [4.78, 5) is 28.4. The predicted molar refractivity (Wildman–Crippen MR) is 110 cm³/mol. The van der Waals surface area contributed by atoms with E-state index >= 15 is 0 Å². The molecule has 1 N–H and O–H groups in total. The normalized spacial score (nSPS) is 11.9. The SMILES string of the molecule is Cc1cccc(C)c1NC(=O)CN(C)CC(=O)N(C)C(C)c1ccccc1. The molecule has 0 saturated carbocycles. The Morgan fingerprint density at radius 2 is 1.52 bits per heavy atom. The van der Waals surface area contributed by atoms with Crippen LogP contribution in [0.25, 0.3) is 0 Å². The van der Waals surface area contributed by atoms with Gasteiger partial charge in [-0.15, -0.1) is 0 Å². The largest absolute Gasteiger partial charge is 0.338 e. The van der Waals surface area contributed by atoms with Gasteiger partial charge in [-0.3, -0.25) is 14.5 Å². The molecule has 144 valence electrons. The lowest BCUT2D eigenvalue weighted by Gasteiger charge is -2.27. The molecule has 2 amide bonds. The third-order valence-corrected chi connectivity index (χ3v) is 4.82. The Morgan fingerprint density at radius 3 is 2.11 bits per heavy atom. The molecule has 27 heavy (non-hydrogen) atoms. The molecule has 0 bridgehead atoms. The molecular formula is C22H29N3O2. The van der Waals surface area contributed by atoms with E-state index in [0.717, 1.165) is 22.4 Å². The van der Waals surface area contributed by atoms with Crippen LogP contribution < -0.4 is 5.32 Å². The van der Waals surface area contributed by atoms with Crippen molar-refractivity contribution < 1.29 is 9.59 Å². The second kappa shape index (κ2) is 9.33. The number of hydrogen-bond donors (Lipinski definition) is 1. The molecule has 0 aliphatic heterocycles. The zero-order valence-electron chi connectivity index (χ0n) is 16.8. The molecule has 0 aliphatic carbocycles. The summed E-state index contributed by atoms with van der Waals surface area (Å²) >= 11 is 0. The lowest BCUT2D eigenvalue weighted by molar-refractivity contribution is -0.133. The first kappa shape index (κ1) is 20.6. The van der Waals surface area contributed by atoms with Crippen molar-refractivity contribution in [3.05, 3.63) is 65.2 Å². The molecule has 0 radical (unpaired) electrons. The Kier molecular flexibility index (Phi) is 7.13. The molecule has 1 unspecified atom stereocenters. The average molecular weight is 367 g/mol. The molecule has 1 atom stereocenters. The molecule has 2 aromatic carbocycles. The van der Waals surface area contributed by atoms with E-state index in [9.17, 15) is 9.59 Å². The van der Waals surface area contributed by atoms with E-state index in [-0.39, 0.29) is 30.9 Å². The minimum absolute atomic E-state index is 0.0180. The van der Waals surface area contributed by atoms with E-state index in [1.54, 1.807) is 23.9 Å². The van der Waals surface area contributed by atoms with Gasteiger partial charge in [0.15, 0.2) is 0 Å². The van der Waals surface area contributed by atoms with Crippen LogP contribution in [0, 0.1) is 13.8 Å². The van der Waals surface area contributed by atoms with Gasteiger partial charge >= 0.3 is 0 Å². The van der Waals surface area contributed by atoms with E-state index in [4.69, 9.17) is 0 Å². The number of hydrogen-bond acceptors (Lipinski definition) is 3. The number of aryl methyl sites for hydroxylation is 2. The summed E-state index contributed by atoms with van der Waals surface area (Å²) < 4.78 is 0. The molecule has 5 nitrogen and oxygen atoms in total. The number of rotatable bonds is 7. The van der Waals surface area contributed by atoms with Crippen LogP contribution in [0.4, 0.5) is 5.69 Å². The topological polar surface area (TPSA) is 52.7 Å². The number of benzene rings is 2. The molecule has 0 spiro atoms. The molecule has 0 saturated heterocycles. The number of para-hydroxylation sites is 1. The number of anilines is 1. The molecule has 0 aromatic heterocycles. The van der Waals surface area contributed by atoms with E-state index in [0.29, 0.717) is 0 Å². The predicted octanol–water partition coefficient (Wildman–Crippen LogP) is 3.39. The molecule has 0 fully saturated rings. The quantitative estimate of drug-likeness (QED) is 0.816. The van der Waals surface area contributed by atoms with Crippen LogP contribution in [-0.2, 0) is 9.59 Å².